The van der Waals surface area contributed by atoms with Crippen LogP contribution >= 0.6 is 0 Å². The summed E-state index contributed by atoms with van der Waals surface area (Å²) in [6.45, 7) is 12.1. The molecule has 4 amide bonds. The smallest absolute Gasteiger partial charge is 0.315 e. The minimum Gasteiger partial charge on any atom is -0.384 e. The van der Waals surface area contributed by atoms with Crippen molar-refractivity contribution in [2.24, 2.45) is 0 Å². The summed E-state index contributed by atoms with van der Waals surface area (Å²) < 4.78 is 20.5. The molecule has 2 fully saturated rings. The molecule has 5 N–H and O–H groups in total. The second-order valence-electron chi connectivity index (χ2n) is 18.3. The number of aromatic amines is 1. The summed E-state index contributed by atoms with van der Waals surface area (Å²) in [6, 6.07) is 23.6. The van der Waals surface area contributed by atoms with Crippen molar-refractivity contribution < 1.29 is 28.1 Å². The number of hydrogen-bond donors (Lipinski definition) is 5. The molecule has 65 heavy (non-hydrogen) atoms. The fraction of sp³-hybridized carbons (Fsp3) is 0.367. The second kappa shape index (κ2) is 18.0. The van der Waals surface area contributed by atoms with Gasteiger partial charge in [-0.05, 0) is 110 Å². The molecule has 2 aromatic heterocycles. The van der Waals surface area contributed by atoms with Gasteiger partial charge in [-0.15, -0.1) is 0 Å². The van der Waals surface area contributed by atoms with Crippen LogP contribution in [-0.2, 0) is 34.6 Å². The largest absolute Gasteiger partial charge is 0.384 e. The van der Waals surface area contributed by atoms with Crippen molar-refractivity contribution in [1.29, 1.82) is 0 Å². The van der Waals surface area contributed by atoms with Crippen LogP contribution < -0.4 is 21.3 Å². The predicted molar refractivity (Wildman–Crippen MR) is 243 cm³/mol. The number of H-pyrrole nitrogens is 1. The van der Waals surface area contributed by atoms with Crippen LogP contribution in [0.2, 0.25) is 0 Å². The lowest BCUT2D eigenvalue weighted by Gasteiger charge is -2.32. The maximum absolute atomic E-state index is 15.3. The minimum absolute atomic E-state index is 0.0514. The molecule has 16 heteroatoms. The monoisotopic (exact) mass is 880 g/mol. The molecule has 0 radical (unpaired) electrons. The van der Waals surface area contributed by atoms with Gasteiger partial charge in [0.25, 0.3) is 5.91 Å². The lowest BCUT2D eigenvalue weighted by molar-refractivity contribution is -0.136. The first-order valence-corrected chi connectivity index (χ1v) is 22.2. The van der Waals surface area contributed by atoms with E-state index < -0.39 is 23.7 Å². The molecule has 0 saturated carbocycles. The zero-order chi connectivity index (χ0) is 45.4. The Morgan fingerprint density at radius 2 is 1.68 bits per heavy atom. The number of benzene rings is 4. The highest BCUT2D eigenvalue weighted by atomic mass is 19.1. The fourth-order valence-corrected chi connectivity index (χ4v) is 8.89. The maximum atomic E-state index is 15.3. The van der Waals surface area contributed by atoms with Gasteiger partial charge in [0.2, 0.25) is 11.8 Å². The lowest BCUT2D eigenvalue weighted by Crippen LogP contribution is -2.52. The second-order valence-corrected chi connectivity index (χ2v) is 18.3. The third kappa shape index (κ3) is 9.40. The highest BCUT2D eigenvalue weighted by Gasteiger charge is 2.39. The average Bonchev–Trinajstić information content (AvgIpc) is 4.04. The number of carbonyl (C=O) groups is 4. The van der Waals surface area contributed by atoms with E-state index in [9.17, 15) is 19.2 Å². The van der Waals surface area contributed by atoms with E-state index in [4.69, 9.17) is 4.52 Å². The Kier molecular flexibility index (Phi) is 12.0. The Bertz CT molecular complexity index is 2790. The molecule has 6 aromatic rings. The Morgan fingerprint density at radius 3 is 2.42 bits per heavy atom. The minimum atomic E-state index is -0.723. The predicted octanol–water partition coefficient (Wildman–Crippen LogP) is 6.38. The van der Waals surface area contributed by atoms with E-state index in [1.165, 1.54) is 11.0 Å². The van der Waals surface area contributed by atoms with E-state index >= 15 is 4.39 Å². The Balaban J connectivity index is 0.730. The number of rotatable bonds is 13. The van der Waals surface area contributed by atoms with Crippen molar-refractivity contribution in [3.05, 3.63) is 118 Å². The van der Waals surface area contributed by atoms with Crippen molar-refractivity contribution in [2.75, 3.05) is 31.5 Å². The number of halogens is 1. The fourth-order valence-electron chi connectivity index (χ4n) is 8.89. The van der Waals surface area contributed by atoms with Gasteiger partial charge in [-0.2, -0.15) is 10.1 Å². The topological polar surface area (TPSA) is 190 Å². The van der Waals surface area contributed by atoms with Gasteiger partial charge in [0, 0.05) is 78.4 Å². The van der Waals surface area contributed by atoms with Crippen molar-refractivity contribution >= 4 is 40.2 Å². The number of likely N-dealkylation sites (tertiary alicyclic amines) is 1. The van der Waals surface area contributed by atoms with Crippen molar-refractivity contribution in [3.63, 3.8) is 0 Å². The number of piperidine rings is 2. The van der Waals surface area contributed by atoms with Gasteiger partial charge in [0.15, 0.2) is 5.82 Å². The first-order chi connectivity index (χ1) is 31.3. The van der Waals surface area contributed by atoms with Crippen molar-refractivity contribution in [2.45, 2.75) is 90.5 Å². The standard InChI is InChI=1S/C49H53FN10O5/c1-28-21-31(5-6-32(28)25-53-45(63)46-55-48(58-65-46)49(2,3)4)43-38-23-30(9-12-40(38)56-57-43)29-7-10-35(11-8-29)51-17-18-52-36-15-19-59(20-16-36)26-34-22-33-27-60(47(64)37(33)24-39(34)50)41-13-14-42(61)54-44(41)62/h5-12,21-24,36,41,51-52H,13-20,25-27H2,1-4H3,(H,53,63)(H,56,57)(H,54,61,62). The molecule has 3 aliphatic rings. The van der Waals surface area contributed by atoms with Crippen LogP contribution in [0.4, 0.5) is 10.1 Å². The zero-order valence-electron chi connectivity index (χ0n) is 37.0. The first-order valence-electron chi connectivity index (χ1n) is 22.2. The van der Waals surface area contributed by atoms with Gasteiger partial charge in [0.1, 0.15) is 11.9 Å². The summed E-state index contributed by atoms with van der Waals surface area (Å²) in [5.74, 6) is -1.58. The average molecular weight is 881 g/mol. The van der Waals surface area contributed by atoms with Crippen LogP contribution in [0.15, 0.2) is 77.3 Å². The number of aromatic nitrogens is 4. The summed E-state index contributed by atoms with van der Waals surface area (Å²) in [5, 5.41) is 25.2. The summed E-state index contributed by atoms with van der Waals surface area (Å²) in [5.41, 5.74) is 9.20. The van der Waals surface area contributed by atoms with Crippen LogP contribution in [0.5, 0.6) is 0 Å². The summed E-state index contributed by atoms with van der Waals surface area (Å²) >= 11 is 0. The van der Waals surface area contributed by atoms with Gasteiger partial charge >= 0.3 is 11.8 Å². The molecule has 0 bridgehead atoms. The van der Waals surface area contributed by atoms with Gasteiger partial charge in [-0.3, -0.25) is 34.5 Å². The van der Waals surface area contributed by atoms with E-state index in [0.29, 0.717) is 41.6 Å². The Labute approximate surface area is 375 Å². The number of anilines is 1. The molecular formula is C49H53FN10O5. The molecule has 0 spiro atoms. The van der Waals surface area contributed by atoms with Crippen molar-refractivity contribution in [3.8, 4) is 22.4 Å². The van der Waals surface area contributed by atoms with Crippen LogP contribution in [0.1, 0.15) is 95.6 Å². The van der Waals surface area contributed by atoms with Crippen molar-refractivity contribution in [1.82, 2.24) is 46.1 Å². The number of amides is 4. The summed E-state index contributed by atoms with van der Waals surface area (Å²) in [4.78, 5) is 57.8. The van der Waals surface area contributed by atoms with E-state index in [2.05, 4.69) is 95.0 Å². The van der Waals surface area contributed by atoms with Gasteiger partial charge < -0.3 is 25.4 Å². The number of hydrogen-bond acceptors (Lipinski definition) is 11. The van der Waals surface area contributed by atoms with Crippen LogP contribution in [0.3, 0.4) is 0 Å². The molecule has 336 valence electrons. The SMILES string of the molecule is Cc1cc(-c2n[nH]c3ccc(-c4ccc(NCCNC5CCN(Cc6cc7c(cc6F)C(=O)N(C6CCC(=O)NC6=O)C7)CC5)cc4)cc23)ccc1CNC(=O)c1nc(C(C)(C)C)no1. The maximum Gasteiger partial charge on any atom is 0.315 e. The van der Waals surface area contributed by atoms with E-state index in [0.717, 1.165) is 89.1 Å². The molecule has 0 aliphatic carbocycles. The van der Waals surface area contributed by atoms with Gasteiger partial charge in [-0.1, -0.05) is 56.3 Å². The molecule has 9 rings (SSSR count). The molecular weight excluding hydrogens is 828 g/mol. The summed E-state index contributed by atoms with van der Waals surface area (Å²) in [7, 11) is 0. The lowest BCUT2D eigenvalue weighted by atomic mass is 9.96. The summed E-state index contributed by atoms with van der Waals surface area (Å²) in [6.07, 6.45) is 2.34. The molecule has 2 saturated heterocycles. The number of aryl methyl sites for hydroxylation is 1. The molecule has 1 atom stereocenters. The highest BCUT2D eigenvalue weighted by molar-refractivity contribution is 6.05. The Morgan fingerprint density at radius 1 is 0.908 bits per heavy atom. The van der Waals surface area contributed by atoms with Crippen LogP contribution in [0, 0.1) is 12.7 Å². The highest BCUT2D eigenvalue weighted by Crippen LogP contribution is 2.33. The van der Waals surface area contributed by atoms with Gasteiger partial charge in [-0.25, -0.2) is 4.39 Å². The van der Waals surface area contributed by atoms with E-state index in [1.54, 1.807) is 6.07 Å². The first kappa shape index (κ1) is 43.5. The molecule has 4 aromatic carbocycles. The number of nitrogens with one attached hydrogen (secondary N) is 5. The molecule has 5 heterocycles. The molecule has 1 unspecified atom stereocenters. The third-order valence-electron chi connectivity index (χ3n) is 12.7. The Hall–Kier alpha value is -6.78. The number of nitrogens with zero attached hydrogens (tertiary/aromatic N) is 5. The molecule has 3 aliphatic heterocycles. The normalized spacial score (nSPS) is 17.2. The third-order valence-corrected chi connectivity index (χ3v) is 12.7. The quantitative estimate of drug-likeness (QED) is 0.0639. The van der Waals surface area contributed by atoms with E-state index in [-0.39, 0.29) is 42.5 Å². The number of imide groups is 1. The van der Waals surface area contributed by atoms with Gasteiger partial charge in [0.05, 0.1) is 11.2 Å². The van der Waals surface area contributed by atoms with Crippen LogP contribution in [-0.4, -0.2) is 92.0 Å². The van der Waals surface area contributed by atoms with E-state index in [1.807, 2.05) is 39.8 Å². The zero-order valence-corrected chi connectivity index (χ0v) is 37.0. The van der Waals surface area contributed by atoms with Crippen LogP contribution in [0.25, 0.3) is 33.3 Å². The number of carbonyl (C=O) groups excluding carboxylic acids is 4. The molecule has 15 nitrogen and oxygen atoms in total. The number of fused-ring (bicyclic) bond motifs is 2.